The molecule has 3 nitrogen and oxygen atoms in total. The third kappa shape index (κ3) is 1.95. The summed E-state index contributed by atoms with van der Waals surface area (Å²) < 4.78 is 5.28. The highest BCUT2D eigenvalue weighted by atomic mass is 32.1. The van der Waals surface area contributed by atoms with Crippen molar-refractivity contribution in [1.82, 2.24) is 4.90 Å². The van der Waals surface area contributed by atoms with E-state index >= 15 is 0 Å². The average Bonchev–Trinajstić information content (AvgIpc) is 2.27. The van der Waals surface area contributed by atoms with Crippen LogP contribution in [0.15, 0.2) is 18.2 Å². The Labute approximate surface area is 94.4 Å². The van der Waals surface area contributed by atoms with E-state index in [1.54, 1.807) is 12.0 Å². The van der Waals surface area contributed by atoms with E-state index in [2.05, 4.69) is 18.7 Å². The summed E-state index contributed by atoms with van der Waals surface area (Å²) >= 11 is 3.84. The summed E-state index contributed by atoms with van der Waals surface area (Å²) in [5.41, 5.74) is 2.37. The first-order valence-electron chi connectivity index (χ1n) is 4.85. The van der Waals surface area contributed by atoms with Crippen LogP contribution in [0.3, 0.4) is 0 Å². The Balaban J connectivity index is 2.34. The van der Waals surface area contributed by atoms with E-state index in [4.69, 9.17) is 4.74 Å². The van der Waals surface area contributed by atoms with Gasteiger partial charge in [-0.05, 0) is 18.1 Å². The molecule has 0 bridgehead atoms. The van der Waals surface area contributed by atoms with Gasteiger partial charge in [0.15, 0.2) is 0 Å². The molecule has 15 heavy (non-hydrogen) atoms. The van der Waals surface area contributed by atoms with Gasteiger partial charge >= 0.3 is 0 Å². The van der Waals surface area contributed by atoms with Gasteiger partial charge in [0.25, 0.3) is 5.24 Å². The molecular formula is C11H13NO2S. The number of benzene rings is 1. The molecule has 1 aromatic rings. The van der Waals surface area contributed by atoms with Gasteiger partial charge in [0.2, 0.25) is 0 Å². The lowest BCUT2D eigenvalue weighted by atomic mass is 9.99. The maximum absolute atomic E-state index is 11.2. The molecule has 0 fully saturated rings. The Bertz CT molecular complexity index is 378. The zero-order chi connectivity index (χ0) is 10.8. The fourth-order valence-corrected chi connectivity index (χ4v) is 2.08. The molecule has 4 heteroatoms. The highest BCUT2D eigenvalue weighted by molar-refractivity contribution is 7.96. The molecule has 1 amide bonds. The number of thiol groups is 1. The van der Waals surface area contributed by atoms with Crippen molar-refractivity contribution in [2.24, 2.45) is 0 Å². The minimum atomic E-state index is -0.174. The molecule has 0 N–H and O–H groups in total. The van der Waals surface area contributed by atoms with Gasteiger partial charge in [0, 0.05) is 12.1 Å². The van der Waals surface area contributed by atoms with Crippen LogP contribution < -0.4 is 4.74 Å². The van der Waals surface area contributed by atoms with Crippen LogP contribution in [0, 0.1) is 0 Å². The van der Waals surface area contributed by atoms with Crippen molar-refractivity contribution in [2.45, 2.75) is 13.0 Å². The van der Waals surface area contributed by atoms with Crippen LogP contribution in [0.5, 0.6) is 5.75 Å². The van der Waals surface area contributed by atoms with Gasteiger partial charge in [-0.1, -0.05) is 24.8 Å². The van der Waals surface area contributed by atoms with Crippen LogP contribution in [-0.2, 0) is 13.0 Å². The molecule has 0 atom stereocenters. The maximum Gasteiger partial charge on any atom is 0.278 e. The van der Waals surface area contributed by atoms with Crippen LogP contribution in [0.1, 0.15) is 11.1 Å². The Kier molecular flexibility index (Phi) is 2.86. The van der Waals surface area contributed by atoms with Crippen LogP contribution in [0.25, 0.3) is 0 Å². The number of nitrogens with zero attached hydrogens (tertiary/aromatic N) is 1. The summed E-state index contributed by atoms with van der Waals surface area (Å²) in [6, 6.07) is 5.99. The standard InChI is InChI=1S/C11H13NO2S/c1-14-10-4-2-3-8-5-6-12(11(13)15)7-9(8)10/h2-4H,5-7H2,1H3,(H,13,15). The summed E-state index contributed by atoms with van der Waals surface area (Å²) in [6.45, 7) is 1.34. The predicted molar refractivity (Wildman–Crippen MR) is 61.5 cm³/mol. The minimum absolute atomic E-state index is 0.174. The van der Waals surface area contributed by atoms with E-state index < -0.39 is 0 Å². The number of methoxy groups -OCH3 is 1. The number of carbonyl (C=O) groups is 1. The minimum Gasteiger partial charge on any atom is -0.496 e. The first kappa shape index (κ1) is 10.4. The van der Waals surface area contributed by atoms with Gasteiger partial charge in [-0.25, -0.2) is 0 Å². The fourth-order valence-electron chi connectivity index (χ4n) is 1.90. The molecule has 1 heterocycles. The van der Waals surface area contributed by atoms with E-state index in [0.29, 0.717) is 6.54 Å². The van der Waals surface area contributed by atoms with E-state index in [1.165, 1.54) is 5.56 Å². The van der Waals surface area contributed by atoms with E-state index in [1.807, 2.05) is 12.1 Å². The van der Waals surface area contributed by atoms with Crippen molar-refractivity contribution >= 4 is 17.9 Å². The van der Waals surface area contributed by atoms with Crippen LogP contribution in [0.4, 0.5) is 4.79 Å². The highest BCUT2D eigenvalue weighted by Crippen LogP contribution is 2.28. The number of carbonyl (C=O) groups excluding carboxylic acids is 1. The molecule has 2 rings (SSSR count). The molecule has 0 saturated heterocycles. The molecule has 0 radical (unpaired) electrons. The Morgan fingerprint density at radius 3 is 3.00 bits per heavy atom. The van der Waals surface area contributed by atoms with Gasteiger partial charge in [-0.15, -0.1) is 0 Å². The van der Waals surface area contributed by atoms with Crippen LogP contribution >= 0.6 is 12.6 Å². The van der Waals surface area contributed by atoms with Crippen molar-refractivity contribution < 1.29 is 9.53 Å². The quantitative estimate of drug-likeness (QED) is 0.739. The lowest BCUT2D eigenvalue weighted by Crippen LogP contribution is -2.32. The highest BCUT2D eigenvalue weighted by Gasteiger charge is 2.21. The summed E-state index contributed by atoms with van der Waals surface area (Å²) in [4.78, 5) is 12.9. The molecule has 1 aliphatic rings. The third-order valence-electron chi connectivity index (χ3n) is 2.72. The Morgan fingerprint density at radius 2 is 2.33 bits per heavy atom. The molecule has 1 aliphatic heterocycles. The Hall–Kier alpha value is -1.16. The van der Waals surface area contributed by atoms with Gasteiger partial charge < -0.3 is 9.64 Å². The average molecular weight is 223 g/mol. The van der Waals surface area contributed by atoms with E-state index in [-0.39, 0.29) is 5.24 Å². The zero-order valence-corrected chi connectivity index (χ0v) is 9.46. The van der Waals surface area contributed by atoms with Crippen molar-refractivity contribution in [3.63, 3.8) is 0 Å². The SMILES string of the molecule is COc1cccc2c1CN(C(=O)S)CC2. The van der Waals surface area contributed by atoms with Crippen LogP contribution in [-0.4, -0.2) is 23.8 Å². The zero-order valence-electron chi connectivity index (χ0n) is 8.56. The molecule has 0 aromatic heterocycles. The van der Waals surface area contributed by atoms with E-state index in [9.17, 15) is 4.79 Å². The third-order valence-corrected chi connectivity index (χ3v) is 3.00. The smallest absolute Gasteiger partial charge is 0.278 e. The second-order valence-corrected chi connectivity index (χ2v) is 3.93. The van der Waals surface area contributed by atoms with Gasteiger partial charge in [0.1, 0.15) is 5.75 Å². The second-order valence-electron chi connectivity index (χ2n) is 3.55. The molecule has 1 aromatic carbocycles. The first-order chi connectivity index (χ1) is 7.22. The van der Waals surface area contributed by atoms with Gasteiger partial charge in [-0.2, -0.15) is 0 Å². The summed E-state index contributed by atoms with van der Waals surface area (Å²) in [5, 5.41) is -0.174. The first-order valence-corrected chi connectivity index (χ1v) is 5.29. The molecule has 0 aliphatic carbocycles. The summed E-state index contributed by atoms with van der Waals surface area (Å²) in [7, 11) is 1.65. The number of hydrogen-bond acceptors (Lipinski definition) is 2. The maximum atomic E-state index is 11.2. The Morgan fingerprint density at radius 1 is 1.53 bits per heavy atom. The van der Waals surface area contributed by atoms with E-state index in [0.717, 1.165) is 24.3 Å². The van der Waals surface area contributed by atoms with Crippen molar-refractivity contribution in [3.8, 4) is 5.75 Å². The van der Waals surface area contributed by atoms with Crippen molar-refractivity contribution in [2.75, 3.05) is 13.7 Å². The van der Waals surface area contributed by atoms with Crippen molar-refractivity contribution in [1.29, 1.82) is 0 Å². The molecule has 80 valence electrons. The normalized spacial score (nSPS) is 14.7. The lowest BCUT2D eigenvalue weighted by Gasteiger charge is -2.28. The summed E-state index contributed by atoms with van der Waals surface area (Å²) in [6.07, 6.45) is 0.874. The molecule has 0 unspecified atom stereocenters. The molecule has 0 spiro atoms. The number of amides is 1. The lowest BCUT2D eigenvalue weighted by molar-refractivity contribution is 0.217. The molecule has 0 saturated carbocycles. The fraction of sp³-hybridized carbons (Fsp3) is 0.364. The second kappa shape index (κ2) is 4.14. The largest absolute Gasteiger partial charge is 0.496 e. The summed E-state index contributed by atoms with van der Waals surface area (Å²) in [5.74, 6) is 0.854. The number of ether oxygens (including phenoxy) is 1. The topological polar surface area (TPSA) is 29.5 Å². The number of rotatable bonds is 1. The van der Waals surface area contributed by atoms with Gasteiger partial charge in [-0.3, -0.25) is 4.79 Å². The predicted octanol–water partition coefficient (Wildman–Crippen LogP) is 2.10. The number of fused-ring (bicyclic) bond motifs is 1. The van der Waals surface area contributed by atoms with Crippen LogP contribution in [0.2, 0.25) is 0 Å². The number of hydrogen-bond donors (Lipinski definition) is 1. The van der Waals surface area contributed by atoms with Gasteiger partial charge in [0.05, 0.1) is 13.7 Å². The van der Waals surface area contributed by atoms with Crippen molar-refractivity contribution in [3.05, 3.63) is 29.3 Å². The monoisotopic (exact) mass is 223 g/mol. The molecular weight excluding hydrogens is 210 g/mol.